The van der Waals surface area contributed by atoms with Crippen LogP contribution < -0.4 is 0 Å². The Morgan fingerprint density at radius 2 is 1.80 bits per heavy atom. The Hall–Kier alpha value is -0.0400. The van der Waals surface area contributed by atoms with Gasteiger partial charge in [0.2, 0.25) is 0 Å². The van der Waals surface area contributed by atoms with E-state index >= 15 is 0 Å². The fraction of sp³-hybridized carbons (Fsp3) is 1.00. The molecule has 0 rings (SSSR count). The molecular weight excluding hydrogens is 124 g/mol. The highest BCUT2D eigenvalue weighted by molar-refractivity contribution is 4.68. The Kier molecular flexibility index (Phi) is 3.95. The second kappa shape index (κ2) is 3.97. The second-order valence-electron chi connectivity index (χ2n) is 4.20. The summed E-state index contributed by atoms with van der Waals surface area (Å²) >= 11 is 0. The summed E-state index contributed by atoms with van der Waals surface area (Å²) in [5.41, 5.74) is 0.350. The Labute approximate surface area is 64.8 Å². The van der Waals surface area contributed by atoms with Crippen LogP contribution in [0.15, 0.2) is 0 Å². The average Bonchev–Trinajstić information content (AvgIpc) is 1.59. The smallest absolute Gasteiger partial charge is 0.0513 e. The molecule has 0 saturated carbocycles. The molecule has 0 aliphatic rings. The van der Waals surface area contributed by atoms with Crippen molar-refractivity contribution in [3.8, 4) is 0 Å². The standard InChI is InChI=1S/C9H20O/c1-8(2)6-9(3,4)7-10-5/h8H,6-7H2,1-5H3. The van der Waals surface area contributed by atoms with Gasteiger partial charge in [-0.25, -0.2) is 0 Å². The van der Waals surface area contributed by atoms with E-state index in [0.717, 1.165) is 12.5 Å². The molecule has 0 aromatic heterocycles. The van der Waals surface area contributed by atoms with E-state index in [4.69, 9.17) is 4.74 Å². The molecule has 1 nitrogen and oxygen atoms in total. The first-order chi connectivity index (χ1) is 4.48. The van der Waals surface area contributed by atoms with E-state index in [1.807, 2.05) is 0 Å². The van der Waals surface area contributed by atoms with Crippen molar-refractivity contribution in [3.05, 3.63) is 0 Å². The number of hydrogen-bond acceptors (Lipinski definition) is 1. The predicted octanol–water partition coefficient (Wildman–Crippen LogP) is 2.71. The Bertz CT molecular complexity index is 84.7. The second-order valence-corrected chi connectivity index (χ2v) is 4.20. The van der Waals surface area contributed by atoms with Crippen molar-refractivity contribution in [2.75, 3.05) is 13.7 Å². The zero-order chi connectivity index (χ0) is 8.20. The molecule has 0 saturated heterocycles. The SMILES string of the molecule is COCC(C)(C)CC(C)C. The van der Waals surface area contributed by atoms with Gasteiger partial charge >= 0.3 is 0 Å². The quantitative estimate of drug-likeness (QED) is 0.589. The summed E-state index contributed by atoms with van der Waals surface area (Å²) in [5.74, 6) is 0.769. The van der Waals surface area contributed by atoms with Crippen molar-refractivity contribution < 1.29 is 4.74 Å². The molecule has 0 radical (unpaired) electrons. The molecule has 0 aliphatic carbocycles. The number of hydrogen-bond donors (Lipinski definition) is 0. The van der Waals surface area contributed by atoms with Crippen LogP contribution in [0.1, 0.15) is 34.1 Å². The minimum Gasteiger partial charge on any atom is -0.384 e. The molecular formula is C9H20O. The van der Waals surface area contributed by atoms with Gasteiger partial charge in [0.05, 0.1) is 6.61 Å². The molecule has 62 valence electrons. The lowest BCUT2D eigenvalue weighted by molar-refractivity contribution is 0.0890. The number of methoxy groups -OCH3 is 1. The maximum Gasteiger partial charge on any atom is 0.0513 e. The van der Waals surface area contributed by atoms with E-state index in [1.165, 1.54) is 6.42 Å². The van der Waals surface area contributed by atoms with Crippen molar-refractivity contribution >= 4 is 0 Å². The maximum absolute atomic E-state index is 5.11. The molecule has 0 fully saturated rings. The zero-order valence-electron chi connectivity index (χ0n) is 7.90. The van der Waals surface area contributed by atoms with Gasteiger partial charge in [-0.05, 0) is 17.8 Å². The van der Waals surface area contributed by atoms with Gasteiger partial charge in [0.15, 0.2) is 0 Å². The van der Waals surface area contributed by atoms with Crippen LogP contribution in [0.5, 0.6) is 0 Å². The van der Waals surface area contributed by atoms with E-state index in [2.05, 4.69) is 27.7 Å². The summed E-state index contributed by atoms with van der Waals surface area (Å²) < 4.78 is 5.11. The van der Waals surface area contributed by atoms with Gasteiger partial charge in [-0.3, -0.25) is 0 Å². The molecule has 0 aliphatic heterocycles. The van der Waals surface area contributed by atoms with Gasteiger partial charge in [-0.1, -0.05) is 27.7 Å². The van der Waals surface area contributed by atoms with Crippen molar-refractivity contribution in [1.82, 2.24) is 0 Å². The van der Waals surface area contributed by atoms with Crippen molar-refractivity contribution in [2.45, 2.75) is 34.1 Å². The molecule has 0 aromatic carbocycles. The van der Waals surface area contributed by atoms with E-state index < -0.39 is 0 Å². The first kappa shape index (κ1) is 9.96. The minimum absolute atomic E-state index is 0.350. The topological polar surface area (TPSA) is 9.23 Å². The lowest BCUT2D eigenvalue weighted by Crippen LogP contribution is -2.20. The van der Waals surface area contributed by atoms with Crippen LogP contribution in [0.25, 0.3) is 0 Å². The molecule has 0 spiro atoms. The molecule has 0 atom stereocenters. The molecule has 1 heteroatoms. The fourth-order valence-electron chi connectivity index (χ4n) is 1.55. The Morgan fingerprint density at radius 1 is 1.30 bits per heavy atom. The Morgan fingerprint density at radius 3 is 2.10 bits per heavy atom. The van der Waals surface area contributed by atoms with Gasteiger partial charge in [0.1, 0.15) is 0 Å². The molecule has 0 amide bonds. The third-order valence-corrected chi connectivity index (χ3v) is 1.50. The minimum atomic E-state index is 0.350. The summed E-state index contributed by atoms with van der Waals surface area (Å²) in [6.07, 6.45) is 1.24. The van der Waals surface area contributed by atoms with Crippen LogP contribution in [-0.4, -0.2) is 13.7 Å². The molecule has 0 bridgehead atoms. The summed E-state index contributed by atoms with van der Waals surface area (Å²) in [5, 5.41) is 0. The lowest BCUT2D eigenvalue weighted by atomic mass is 9.85. The fourth-order valence-corrected chi connectivity index (χ4v) is 1.55. The van der Waals surface area contributed by atoms with Gasteiger partial charge in [-0.2, -0.15) is 0 Å². The van der Waals surface area contributed by atoms with Crippen LogP contribution >= 0.6 is 0 Å². The summed E-state index contributed by atoms with van der Waals surface area (Å²) in [7, 11) is 1.77. The Balaban J connectivity index is 3.63. The highest BCUT2D eigenvalue weighted by Gasteiger charge is 2.18. The highest BCUT2D eigenvalue weighted by Crippen LogP contribution is 2.24. The number of rotatable bonds is 4. The van der Waals surface area contributed by atoms with Gasteiger partial charge in [-0.15, -0.1) is 0 Å². The van der Waals surface area contributed by atoms with Crippen LogP contribution in [0, 0.1) is 11.3 Å². The third-order valence-electron chi connectivity index (χ3n) is 1.50. The third kappa shape index (κ3) is 4.80. The van der Waals surface area contributed by atoms with Crippen molar-refractivity contribution in [1.29, 1.82) is 0 Å². The van der Waals surface area contributed by atoms with E-state index in [1.54, 1.807) is 7.11 Å². The molecule has 0 heterocycles. The molecule has 0 aromatic rings. The molecule has 10 heavy (non-hydrogen) atoms. The lowest BCUT2D eigenvalue weighted by Gasteiger charge is -2.25. The summed E-state index contributed by atoms with van der Waals surface area (Å²) in [4.78, 5) is 0. The van der Waals surface area contributed by atoms with E-state index in [0.29, 0.717) is 5.41 Å². The van der Waals surface area contributed by atoms with Crippen LogP contribution in [0.2, 0.25) is 0 Å². The molecule has 0 unspecified atom stereocenters. The monoisotopic (exact) mass is 144 g/mol. The van der Waals surface area contributed by atoms with E-state index in [9.17, 15) is 0 Å². The van der Waals surface area contributed by atoms with Crippen LogP contribution in [0.3, 0.4) is 0 Å². The van der Waals surface area contributed by atoms with E-state index in [-0.39, 0.29) is 0 Å². The molecule has 0 N–H and O–H groups in total. The first-order valence-electron chi connectivity index (χ1n) is 3.97. The number of ether oxygens (including phenoxy) is 1. The van der Waals surface area contributed by atoms with Crippen molar-refractivity contribution in [3.63, 3.8) is 0 Å². The normalized spacial score (nSPS) is 12.6. The summed E-state index contributed by atoms with van der Waals surface area (Å²) in [6.45, 7) is 9.85. The van der Waals surface area contributed by atoms with Crippen LogP contribution in [-0.2, 0) is 4.74 Å². The largest absolute Gasteiger partial charge is 0.384 e. The van der Waals surface area contributed by atoms with Crippen molar-refractivity contribution in [2.24, 2.45) is 11.3 Å². The summed E-state index contributed by atoms with van der Waals surface area (Å²) in [6, 6.07) is 0. The van der Waals surface area contributed by atoms with Gasteiger partial charge in [0, 0.05) is 7.11 Å². The van der Waals surface area contributed by atoms with Gasteiger partial charge < -0.3 is 4.74 Å². The van der Waals surface area contributed by atoms with Gasteiger partial charge in [0.25, 0.3) is 0 Å². The predicted molar refractivity (Wildman–Crippen MR) is 45.1 cm³/mol. The highest BCUT2D eigenvalue weighted by atomic mass is 16.5. The average molecular weight is 144 g/mol. The zero-order valence-corrected chi connectivity index (χ0v) is 7.90. The van der Waals surface area contributed by atoms with Crippen LogP contribution in [0.4, 0.5) is 0 Å². The first-order valence-corrected chi connectivity index (χ1v) is 3.97. The maximum atomic E-state index is 5.11.